The van der Waals surface area contributed by atoms with E-state index in [2.05, 4.69) is 73.9 Å². The first kappa shape index (κ1) is 24.9. The van der Waals surface area contributed by atoms with Crippen molar-refractivity contribution in [2.75, 3.05) is 39.8 Å². The lowest BCUT2D eigenvalue weighted by Crippen LogP contribution is -2.60. The van der Waals surface area contributed by atoms with E-state index in [1.54, 1.807) is 0 Å². The van der Waals surface area contributed by atoms with E-state index in [1.165, 1.54) is 0 Å². The van der Waals surface area contributed by atoms with Crippen molar-refractivity contribution in [3.8, 4) is 0 Å². The monoisotopic (exact) mass is 495 g/mol. The Morgan fingerprint density at radius 3 is 2.19 bits per heavy atom. The third-order valence-corrected chi connectivity index (χ3v) is 5.88. The number of guanidine groups is 1. The quantitative estimate of drug-likeness (QED) is 0.349. The second-order valence-corrected chi connectivity index (χ2v) is 9.18. The van der Waals surface area contributed by atoms with Crippen LogP contribution < -0.4 is 10.6 Å². The van der Waals surface area contributed by atoms with Crippen molar-refractivity contribution < 1.29 is 4.74 Å². The molecule has 0 spiro atoms. The molecule has 0 aliphatic carbocycles. The lowest BCUT2D eigenvalue weighted by Gasteiger charge is -2.45. The molecule has 2 rings (SSSR count). The predicted octanol–water partition coefficient (Wildman–Crippen LogP) is 2.39. The van der Waals surface area contributed by atoms with Crippen LogP contribution in [-0.2, 0) is 4.74 Å². The van der Waals surface area contributed by atoms with Crippen LogP contribution in [0.4, 0.5) is 0 Å². The van der Waals surface area contributed by atoms with Gasteiger partial charge in [-0.05, 0) is 47.5 Å². The van der Waals surface area contributed by atoms with Crippen molar-refractivity contribution in [2.45, 2.75) is 78.3 Å². The molecule has 2 saturated heterocycles. The molecule has 0 bridgehead atoms. The van der Waals surface area contributed by atoms with Gasteiger partial charge < -0.3 is 15.4 Å². The van der Waals surface area contributed by atoms with Gasteiger partial charge >= 0.3 is 0 Å². The summed E-state index contributed by atoms with van der Waals surface area (Å²) in [4.78, 5) is 9.54. The van der Waals surface area contributed by atoms with Gasteiger partial charge in [0.1, 0.15) is 0 Å². The molecule has 0 aromatic heterocycles. The van der Waals surface area contributed by atoms with Gasteiger partial charge in [-0.25, -0.2) is 0 Å². The maximum Gasteiger partial charge on any atom is 0.191 e. The summed E-state index contributed by atoms with van der Waals surface area (Å²) in [6.07, 6.45) is 0.577. The molecule has 0 radical (unpaired) electrons. The molecule has 0 amide bonds. The summed E-state index contributed by atoms with van der Waals surface area (Å²) in [5.74, 6) is 1.54. The van der Waals surface area contributed by atoms with Crippen molar-refractivity contribution >= 4 is 29.9 Å². The Kier molecular flexibility index (Phi) is 9.78. The smallest absolute Gasteiger partial charge is 0.191 e. The second-order valence-electron chi connectivity index (χ2n) is 9.18. The number of hydrogen-bond acceptors (Lipinski definition) is 4. The molecule has 0 saturated carbocycles. The Morgan fingerprint density at radius 1 is 1.11 bits per heavy atom. The minimum Gasteiger partial charge on any atom is -0.373 e. The highest BCUT2D eigenvalue weighted by Crippen LogP contribution is 2.21. The molecule has 4 atom stereocenters. The van der Waals surface area contributed by atoms with Crippen LogP contribution >= 0.6 is 24.0 Å². The Hall–Kier alpha value is -0.120. The summed E-state index contributed by atoms with van der Waals surface area (Å²) < 4.78 is 5.89. The number of nitrogens with zero attached hydrogens (tertiary/aromatic N) is 3. The number of rotatable bonds is 5. The highest BCUT2D eigenvalue weighted by molar-refractivity contribution is 14.0. The van der Waals surface area contributed by atoms with E-state index < -0.39 is 0 Å². The van der Waals surface area contributed by atoms with Crippen LogP contribution in [0.1, 0.15) is 48.5 Å². The Morgan fingerprint density at radius 2 is 1.70 bits per heavy atom. The van der Waals surface area contributed by atoms with Gasteiger partial charge in [0.2, 0.25) is 0 Å². The molecule has 2 aliphatic heterocycles. The summed E-state index contributed by atoms with van der Waals surface area (Å²) in [5.41, 5.74) is 0.0508. The number of hydrogen-bond donors (Lipinski definition) is 2. The van der Waals surface area contributed by atoms with E-state index in [4.69, 9.17) is 4.74 Å². The first-order valence-electron chi connectivity index (χ1n) is 10.2. The SMILES string of the molecule is CN=C(NCC(C)(C)N1CC(C)OC(C)C1)NC1CN(C(C)C)CC1C.I. The topological polar surface area (TPSA) is 52.1 Å². The number of aliphatic imine (C=N–C) groups is 1. The van der Waals surface area contributed by atoms with E-state index in [0.717, 1.165) is 38.7 Å². The van der Waals surface area contributed by atoms with Crippen molar-refractivity contribution in [3.05, 3.63) is 0 Å². The molecule has 27 heavy (non-hydrogen) atoms. The van der Waals surface area contributed by atoms with Gasteiger partial charge in [-0.3, -0.25) is 14.8 Å². The number of halogens is 1. The fourth-order valence-corrected chi connectivity index (χ4v) is 4.07. The van der Waals surface area contributed by atoms with Gasteiger partial charge in [0, 0.05) is 57.4 Å². The van der Waals surface area contributed by atoms with Gasteiger partial charge in [0.25, 0.3) is 0 Å². The molecule has 0 aromatic carbocycles. The summed E-state index contributed by atoms with van der Waals surface area (Å²) in [6.45, 7) is 20.9. The molecular weight excluding hydrogens is 453 g/mol. The highest BCUT2D eigenvalue weighted by atomic mass is 127. The number of ether oxygens (including phenoxy) is 1. The van der Waals surface area contributed by atoms with Crippen LogP contribution in [0.2, 0.25) is 0 Å². The Balaban J connectivity index is 0.00000364. The molecule has 7 heteroatoms. The first-order valence-corrected chi connectivity index (χ1v) is 10.2. The lowest BCUT2D eigenvalue weighted by molar-refractivity contribution is -0.0946. The maximum atomic E-state index is 5.89. The Labute approximate surface area is 183 Å². The third kappa shape index (κ3) is 7.01. The minimum absolute atomic E-state index is 0. The van der Waals surface area contributed by atoms with E-state index >= 15 is 0 Å². The van der Waals surface area contributed by atoms with Crippen LogP contribution in [0.5, 0.6) is 0 Å². The molecule has 0 aromatic rings. The predicted molar refractivity (Wildman–Crippen MR) is 125 cm³/mol. The molecule has 2 heterocycles. The average Bonchev–Trinajstić information content (AvgIpc) is 2.91. The number of morpholine rings is 1. The normalized spacial score (nSPS) is 31.1. The second kappa shape index (κ2) is 10.6. The first-order chi connectivity index (χ1) is 12.1. The zero-order valence-electron chi connectivity index (χ0n) is 18.6. The Bertz CT molecular complexity index is 475. The van der Waals surface area contributed by atoms with Crippen molar-refractivity contribution in [3.63, 3.8) is 0 Å². The van der Waals surface area contributed by atoms with Gasteiger partial charge in [-0.2, -0.15) is 0 Å². The molecule has 160 valence electrons. The van der Waals surface area contributed by atoms with Crippen molar-refractivity contribution in [1.82, 2.24) is 20.4 Å². The summed E-state index contributed by atoms with van der Waals surface area (Å²) >= 11 is 0. The zero-order valence-corrected chi connectivity index (χ0v) is 20.9. The molecule has 4 unspecified atom stereocenters. The van der Waals surface area contributed by atoms with Gasteiger partial charge in [0.05, 0.1) is 12.2 Å². The van der Waals surface area contributed by atoms with Crippen molar-refractivity contribution in [2.24, 2.45) is 10.9 Å². The summed E-state index contributed by atoms with van der Waals surface area (Å²) in [5, 5.41) is 7.21. The number of nitrogens with one attached hydrogen (secondary N) is 2. The van der Waals surface area contributed by atoms with Gasteiger partial charge in [-0.1, -0.05) is 6.92 Å². The van der Waals surface area contributed by atoms with Crippen LogP contribution in [0.25, 0.3) is 0 Å². The molecule has 2 fully saturated rings. The third-order valence-electron chi connectivity index (χ3n) is 5.88. The average molecular weight is 495 g/mol. The molecule has 2 aliphatic rings. The zero-order chi connectivity index (χ0) is 19.5. The fourth-order valence-electron chi connectivity index (χ4n) is 4.07. The lowest BCUT2D eigenvalue weighted by atomic mass is 10.00. The van der Waals surface area contributed by atoms with Crippen LogP contribution in [0, 0.1) is 5.92 Å². The highest BCUT2D eigenvalue weighted by Gasteiger charge is 2.34. The van der Waals surface area contributed by atoms with E-state index in [0.29, 0.717) is 18.0 Å². The standard InChI is InChI=1S/C20H41N5O.HI/c1-14(2)24-9-15(3)18(12-24)23-19(21-8)22-13-20(6,7)25-10-16(4)26-17(5)11-25;/h14-18H,9-13H2,1-8H3,(H2,21,22,23);1H. The fraction of sp³-hybridized carbons (Fsp3) is 0.950. The minimum atomic E-state index is 0. The largest absolute Gasteiger partial charge is 0.373 e. The maximum absolute atomic E-state index is 5.89. The molecule has 2 N–H and O–H groups in total. The molecular formula is C20H42IN5O. The number of likely N-dealkylation sites (tertiary alicyclic amines) is 1. The van der Waals surface area contributed by atoms with Crippen LogP contribution in [0.3, 0.4) is 0 Å². The summed E-state index contributed by atoms with van der Waals surface area (Å²) in [6, 6.07) is 1.05. The summed E-state index contributed by atoms with van der Waals surface area (Å²) in [7, 11) is 1.86. The van der Waals surface area contributed by atoms with Gasteiger partial charge in [-0.15, -0.1) is 24.0 Å². The van der Waals surface area contributed by atoms with E-state index in [9.17, 15) is 0 Å². The van der Waals surface area contributed by atoms with Crippen LogP contribution in [-0.4, -0.2) is 85.4 Å². The van der Waals surface area contributed by atoms with Gasteiger partial charge in [0.15, 0.2) is 5.96 Å². The van der Waals surface area contributed by atoms with E-state index in [1.807, 2.05) is 7.05 Å². The van der Waals surface area contributed by atoms with Crippen LogP contribution in [0.15, 0.2) is 4.99 Å². The molecule has 6 nitrogen and oxygen atoms in total. The van der Waals surface area contributed by atoms with Crippen molar-refractivity contribution in [1.29, 1.82) is 0 Å². The van der Waals surface area contributed by atoms with E-state index in [-0.39, 0.29) is 41.7 Å².